The van der Waals surface area contributed by atoms with Gasteiger partial charge in [-0.1, -0.05) is 11.6 Å². The SMILES string of the molecule is Cc1nn([C@H]2CCS(=O)(=O)C2)c(Cl)c1/C=C/C(=O)OCC(=O)Nc1ccc([N+](=O)[O-])cc1Br. The van der Waals surface area contributed by atoms with Crippen LogP contribution in [0.4, 0.5) is 11.4 Å². The quantitative estimate of drug-likeness (QED) is 0.234. The van der Waals surface area contributed by atoms with E-state index in [1.54, 1.807) is 6.92 Å². The first-order chi connectivity index (χ1) is 15.5. The molecule has 14 heteroatoms. The third-order valence-electron chi connectivity index (χ3n) is 4.79. The Labute approximate surface area is 201 Å². The summed E-state index contributed by atoms with van der Waals surface area (Å²) in [6.07, 6.45) is 2.88. The minimum atomic E-state index is -3.12. The van der Waals surface area contributed by atoms with Crippen molar-refractivity contribution in [3.63, 3.8) is 0 Å². The zero-order valence-electron chi connectivity index (χ0n) is 17.2. The van der Waals surface area contributed by atoms with Crippen LogP contribution in [0.15, 0.2) is 28.7 Å². The number of hydrogen-bond acceptors (Lipinski definition) is 8. The first kappa shape index (κ1) is 24.9. The number of nitro benzene ring substituents is 1. The number of ether oxygens (including phenoxy) is 1. The van der Waals surface area contributed by atoms with Crippen molar-refractivity contribution in [2.24, 2.45) is 0 Å². The molecule has 3 rings (SSSR count). The van der Waals surface area contributed by atoms with Crippen LogP contribution in [-0.2, 0) is 24.2 Å². The van der Waals surface area contributed by atoms with E-state index in [1.807, 2.05) is 0 Å². The van der Waals surface area contributed by atoms with Gasteiger partial charge in [-0.3, -0.25) is 14.9 Å². The summed E-state index contributed by atoms with van der Waals surface area (Å²) in [5.74, 6) is -1.42. The minimum Gasteiger partial charge on any atom is -0.452 e. The van der Waals surface area contributed by atoms with Crippen LogP contribution in [0.1, 0.15) is 23.7 Å². The van der Waals surface area contributed by atoms with Gasteiger partial charge in [0.15, 0.2) is 16.4 Å². The molecule has 0 spiro atoms. The van der Waals surface area contributed by atoms with Crippen molar-refractivity contribution in [1.82, 2.24) is 9.78 Å². The molecule has 2 heterocycles. The Morgan fingerprint density at radius 2 is 2.18 bits per heavy atom. The number of aromatic nitrogens is 2. The largest absolute Gasteiger partial charge is 0.452 e. The molecule has 0 unspecified atom stereocenters. The third-order valence-corrected chi connectivity index (χ3v) is 7.58. The molecule has 1 aliphatic heterocycles. The molecule has 11 nitrogen and oxygen atoms in total. The van der Waals surface area contributed by atoms with Crippen molar-refractivity contribution < 1.29 is 27.7 Å². The summed E-state index contributed by atoms with van der Waals surface area (Å²) in [5, 5.41) is 17.7. The van der Waals surface area contributed by atoms with E-state index in [1.165, 1.54) is 29.0 Å². The monoisotopic (exact) mass is 560 g/mol. The Kier molecular flexibility index (Phi) is 7.55. The molecule has 0 bridgehead atoms. The molecule has 0 radical (unpaired) electrons. The molecule has 1 fully saturated rings. The number of anilines is 1. The van der Waals surface area contributed by atoms with Crippen LogP contribution in [-0.4, -0.2) is 53.1 Å². The highest BCUT2D eigenvalue weighted by Crippen LogP contribution is 2.30. The van der Waals surface area contributed by atoms with Gasteiger partial charge < -0.3 is 10.1 Å². The maximum absolute atomic E-state index is 12.0. The summed E-state index contributed by atoms with van der Waals surface area (Å²) in [6, 6.07) is 3.44. The van der Waals surface area contributed by atoms with E-state index >= 15 is 0 Å². The number of hydrogen-bond donors (Lipinski definition) is 1. The van der Waals surface area contributed by atoms with Crippen LogP contribution >= 0.6 is 27.5 Å². The standard InChI is InChI=1S/C19H18BrClN4O7S/c1-11-14(19(21)24(23-11)13-6-7-33(30,31)10-13)3-5-18(27)32-9-17(26)22-16-4-2-12(25(28)29)8-15(16)20/h2-5,8,13H,6-7,9-10H2,1H3,(H,22,26)/b5-3+/t13-/m0/s1. The van der Waals surface area contributed by atoms with Crippen LogP contribution in [0.2, 0.25) is 5.15 Å². The molecule has 1 atom stereocenters. The second kappa shape index (κ2) is 10.0. The van der Waals surface area contributed by atoms with Crippen molar-refractivity contribution >= 4 is 66.7 Å². The lowest BCUT2D eigenvalue weighted by Gasteiger charge is -2.09. The Morgan fingerprint density at radius 3 is 2.79 bits per heavy atom. The van der Waals surface area contributed by atoms with Crippen LogP contribution in [0.3, 0.4) is 0 Å². The van der Waals surface area contributed by atoms with Crippen LogP contribution in [0.25, 0.3) is 6.08 Å². The number of non-ortho nitro benzene ring substituents is 1. The van der Waals surface area contributed by atoms with E-state index in [-0.39, 0.29) is 34.1 Å². The van der Waals surface area contributed by atoms with Gasteiger partial charge in [-0.15, -0.1) is 0 Å². The summed E-state index contributed by atoms with van der Waals surface area (Å²) in [5.41, 5.74) is 1.08. The number of nitrogens with zero attached hydrogens (tertiary/aromatic N) is 3. The van der Waals surface area contributed by atoms with Crippen molar-refractivity contribution in [3.05, 3.63) is 55.3 Å². The molecule has 1 saturated heterocycles. The molecular weight excluding hydrogens is 544 g/mol. The number of halogens is 2. The Bertz CT molecular complexity index is 1260. The fourth-order valence-corrected chi connectivity index (χ4v) is 5.71. The van der Waals surface area contributed by atoms with Gasteiger partial charge in [0.25, 0.3) is 11.6 Å². The molecule has 0 aliphatic carbocycles. The highest BCUT2D eigenvalue weighted by molar-refractivity contribution is 9.10. The lowest BCUT2D eigenvalue weighted by molar-refractivity contribution is -0.384. The molecule has 1 N–H and O–H groups in total. The zero-order chi connectivity index (χ0) is 24.3. The predicted octanol–water partition coefficient (Wildman–Crippen LogP) is 3.07. The minimum absolute atomic E-state index is 0.0426. The number of rotatable bonds is 7. The summed E-state index contributed by atoms with van der Waals surface area (Å²) in [6.45, 7) is 1.09. The Balaban J connectivity index is 1.57. The smallest absolute Gasteiger partial charge is 0.331 e. The molecule has 33 heavy (non-hydrogen) atoms. The van der Waals surface area contributed by atoms with Crippen molar-refractivity contribution in [2.45, 2.75) is 19.4 Å². The second-order valence-electron chi connectivity index (χ2n) is 7.20. The van der Waals surface area contributed by atoms with Crippen molar-refractivity contribution in [2.75, 3.05) is 23.4 Å². The number of sulfone groups is 1. The highest BCUT2D eigenvalue weighted by atomic mass is 79.9. The molecule has 1 amide bonds. The first-order valence-corrected chi connectivity index (χ1v) is 12.5. The zero-order valence-corrected chi connectivity index (χ0v) is 20.3. The van der Waals surface area contributed by atoms with E-state index in [2.05, 4.69) is 26.3 Å². The van der Waals surface area contributed by atoms with Gasteiger partial charge in [0.2, 0.25) is 0 Å². The average Bonchev–Trinajstić information content (AvgIpc) is 3.24. The summed E-state index contributed by atoms with van der Waals surface area (Å²) in [7, 11) is -3.12. The van der Waals surface area contributed by atoms with Crippen LogP contribution in [0, 0.1) is 17.0 Å². The van der Waals surface area contributed by atoms with E-state index in [4.69, 9.17) is 16.3 Å². The van der Waals surface area contributed by atoms with Crippen LogP contribution < -0.4 is 5.32 Å². The van der Waals surface area contributed by atoms with E-state index in [0.717, 1.165) is 6.08 Å². The number of esters is 1. The normalized spacial score (nSPS) is 17.2. The number of benzene rings is 1. The first-order valence-electron chi connectivity index (χ1n) is 9.50. The summed E-state index contributed by atoms with van der Waals surface area (Å²) in [4.78, 5) is 34.2. The lowest BCUT2D eigenvalue weighted by Crippen LogP contribution is -2.20. The van der Waals surface area contributed by atoms with E-state index in [0.29, 0.717) is 22.2 Å². The van der Waals surface area contributed by atoms with Crippen molar-refractivity contribution in [3.8, 4) is 0 Å². The molecule has 1 aliphatic rings. The van der Waals surface area contributed by atoms with Gasteiger partial charge in [0.1, 0.15) is 5.15 Å². The maximum Gasteiger partial charge on any atom is 0.331 e. The maximum atomic E-state index is 12.0. The van der Waals surface area contributed by atoms with Gasteiger partial charge in [-0.05, 0) is 41.4 Å². The van der Waals surface area contributed by atoms with Crippen LogP contribution in [0.5, 0.6) is 0 Å². The van der Waals surface area contributed by atoms with E-state index < -0.39 is 33.2 Å². The number of aryl methyl sites for hydroxylation is 1. The number of carbonyl (C=O) groups is 2. The van der Waals surface area contributed by atoms with Gasteiger partial charge in [0.05, 0.1) is 33.9 Å². The summed E-state index contributed by atoms with van der Waals surface area (Å²) < 4.78 is 30.1. The molecule has 1 aromatic carbocycles. The van der Waals surface area contributed by atoms with E-state index in [9.17, 15) is 28.1 Å². The van der Waals surface area contributed by atoms with Gasteiger partial charge in [-0.2, -0.15) is 5.10 Å². The topological polar surface area (TPSA) is 151 Å². The summed E-state index contributed by atoms with van der Waals surface area (Å²) >= 11 is 9.47. The molecule has 1 aromatic heterocycles. The molecule has 0 saturated carbocycles. The number of carbonyl (C=O) groups excluding carboxylic acids is 2. The lowest BCUT2D eigenvalue weighted by atomic mass is 10.2. The van der Waals surface area contributed by atoms with Gasteiger partial charge in [0, 0.05) is 28.2 Å². The second-order valence-corrected chi connectivity index (χ2v) is 10.6. The molecule has 176 valence electrons. The third kappa shape index (κ3) is 6.18. The Morgan fingerprint density at radius 1 is 1.45 bits per heavy atom. The number of amides is 1. The fourth-order valence-electron chi connectivity index (χ4n) is 3.17. The number of nitro groups is 1. The number of nitrogens with one attached hydrogen (secondary N) is 1. The predicted molar refractivity (Wildman–Crippen MR) is 124 cm³/mol. The fraction of sp³-hybridized carbons (Fsp3) is 0.316. The molecule has 2 aromatic rings. The van der Waals surface area contributed by atoms with Gasteiger partial charge >= 0.3 is 5.97 Å². The van der Waals surface area contributed by atoms with Crippen molar-refractivity contribution in [1.29, 1.82) is 0 Å². The average molecular weight is 562 g/mol. The van der Waals surface area contributed by atoms with Gasteiger partial charge in [-0.25, -0.2) is 17.9 Å². The highest BCUT2D eigenvalue weighted by Gasteiger charge is 2.31. The molecular formula is C19H18BrClN4O7S. The Hall–Kier alpha value is -2.77.